The molecule has 0 unspecified atom stereocenters. The average molecular weight is 220 g/mol. The predicted octanol–water partition coefficient (Wildman–Crippen LogP) is 2.36. The van der Waals surface area contributed by atoms with Crippen LogP contribution in [0.3, 0.4) is 0 Å². The lowest BCUT2D eigenvalue weighted by Crippen LogP contribution is -2.02. The topological polar surface area (TPSA) is 45.2 Å². The third-order valence-electron chi connectivity index (χ3n) is 2.65. The molecule has 1 aliphatic carbocycles. The van der Waals surface area contributed by atoms with Crippen LogP contribution in [0.25, 0.3) is 10.1 Å². The smallest absolute Gasteiger partial charge is 0.0867 e. The maximum atomic E-state index is 9.16. The largest absolute Gasteiger partial charge is 0.390 e. The number of hydrogen-bond acceptors (Lipinski definition) is 4. The molecule has 0 saturated heterocycles. The van der Waals surface area contributed by atoms with Gasteiger partial charge in [-0.05, 0) is 24.3 Å². The van der Waals surface area contributed by atoms with E-state index in [4.69, 9.17) is 5.11 Å². The fourth-order valence-electron chi connectivity index (χ4n) is 1.69. The second kappa shape index (κ2) is 3.47. The van der Waals surface area contributed by atoms with E-state index in [0.717, 1.165) is 16.1 Å². The van der Waals surface area contributed by atoms with Crippen LogP contribution < -0.4 is 5.32 Å². The van der Waals surface area contributed by atoms with Crippen LogP contribution in [0.5, 0.6) is 0 Å². The molecule has 3 rings (SSSR count). The molecule has 1 aliphatic rings. The Morgan fingerprint density at radius 1 is 1.53 bits per heavy atom. The molecular weight excluding hydrogens is 208 g/mol. The van der Waals surface area contributed by atoms with Gasteiger partial charge in [0.2, 0.25) is 0 Å². The summed E-state index contributed by atoms with van der Waals surface area (Å²) in [6.07, 6.45) is 4.35. The van der Waals surface area contributed by atoms with Crippen LogP contribution in [0.1, 0.15) is 18.5 Å². The number of aromatic nitrogens is 1. The van der Waals surface area contributed by atoms with Crippen LogP contribution in [0, 0.1) is 0 Å². The highest BCUT2D eigenvalue weighted by Gasteiger charge is 2.22. The van der Waals surface area contributed by atoms with E-state index in [1.165, 1.54) is 18.2 Å². The van der Waals surface area contributed by atoms with Crippen molar-refractivity contribution in [2.75, 3.05) is 5.32 Å². The molecule has 0 spiro atoms. The van der Waals surface area contributed by atoms with E-state index >= 15 is 0 Å². The van der Waals surface area contributed by atoms with E-state index in [9.17, 15) is 0 Å². The van der Waals surface area contributed by atoms with E-state index in [1.54, 1.807) is 11.3 Å². The summed E-state index contributed by atoms with van der Waals surface area (Å²) < 4.78 is 1.10. The van der Waals surface area contributed by atoms with Gasteiger partial charge in [-0.1, -0.05) is 0 Å². The first-order valence-corrected chi connectivity index (χ1v) is 5.99. The van der Waals surface area contributed by atoms with Gasteiger partial charge in [0.15, 0.2) is 0 Å². The summed E-state index contributed by atoms with van der Waals surface area (Å²) in [6, 6.07) is 2.72. The summed E-state index contributed by atoms with van der Waals surface area (Å²) in [6.45, 7) is 0.0146. The van der Waals surface area contributed by atoms with Gasteiger partial charge in [-0.25, -0.2) is 0 Å². The van der Waals surface area contributed by atoms with Gasteiger partial charge in [-0.15, -0.1) is 11.3 Å². The number of pyridine rings is 1. The van der Waals surface area contributed by atoms with E-state index in [1.807, 2.05) is 11.6 Å². The zero-order valence-corrected chi connectivity index (χ0v) is 9.05. The molecule has 1 saturated carbocycles. The third-order valence-corrected chi connectivity index (χ3v) is 3.62. The first kappa shape index (κ1) is 9.12. The molecule has 0 radical (unpaired) electrons. The zero-order chi connectivity index (χ0) is 10.3. The summed E-state index contributed by atoms with van der Waals surface area (Å²) in [5.41, 5.74) is 1.88. The maximum absolute atomic E-state index is 9.16. The van der Waals surface area contributed by atoms with E-state index < -0.39 is 0 Å². The number of anilines is 1. The lowest BCUT2D eigenvalue weighted by molar-refractivity contribution is 0.279. The van der Waals surface area contributed by atoms with Gasteiger partial charge in [0.05, 0.1) is 28.9 Å². The van der Waals surface area contributed by atoms with Crippen molar-refractivity contribution in [3.8, 4) is 0 Å². The average Bonchev–Trinajstić information content (AvgIpc) is 2.93. The maximum Gasteiger partial charge on any atom is 0.0867 e. The van der Waals surface area contributed by atoms with Gasteiger partial charge in [-0.3, -0.25) is 4.98 Å². The van der Waals surface area contributed by atoms with E-state index in [2.05, 4.69) is 16.4 Å². The first-order valence-electron chi connectivity index (χ1n) is 5.11. The van der Waals surface area contributed by atoms with Gasteiger partial charge >= 0.3 is 0 Å². The Hall–Kier alpha value is -1.13. The highest BCUT2D eigenvalue weighted by molar-refractivity contribution is 7.17. The molecule has 2 heterocycles. The van der Waals surface area contributed by atoms with Gasteiger partial charge in [0.1, 0.15) is 0 Å². The first-order chi connectivity index (χ1) is 7.38. The van der Waals surface area contributed by atoms with Crippen molar-refractivity contribution in [2.45, 2.75) is 25.5 Å². The van der Waals surface area contributed by atoms with Gasteiger partial charge in [0.25, 0.3) is 0 Å². The minimum absolute atomic E-state index is 0.0146. The highest BCUT2D eigenvalue weighted by atomic mass is 32.1. The number of nitrogens with zero attached hydrogens (tertiary/aromatic N) is 1. The Labute approximate surface area is 91.8 Å². The summed E-state index contributed by atoms with van der Waals surface area (Å²) >= 11 is 1.64. The Bertz CT molecular complexity index is 490. The standard InChI is InChI=1S/C11H12N2OS/c14-6-10-11-8(3-4-15-11)9(5-12-10)13-7-1-2-7/h3-5,7,13-14H,1-2,6H2. The predicted molar refractivity (Wildman–Crippen MR) is 62.2 cm³/mol. The second-order valence-corrected chi connectivity index (χ2v) is 4.77. The number of thiophene rings is 1. The number of aliphatic hydroxyl groups excluding tert-OH is 1. The number of aliphatic hydroxyl groups is 1. The number of nitrogens with one attached hydrogen (secondary N) is 1. The molecule has 3 nitrogen and oxygen atoms in total. The van der Waals surface area contributed by atoms with E-state index in [0.29, 0.717) is 6.04 Å². The molecule has 1 fully saturated rings. The molecule has 2 N–H and O–H groups in total. The van der Waals surface area contributed by atoms with Crippen molar-refractivity contribution in [1.82, 2.24) is 4.98 Å². The Balaban J connectivity index is 2.09. The minimum Gasteiger partial charge on any atom is -0.390 e. The molecule has 2 aromatic rings. The molecule has 0 atom stereocenters. The lowest BCUT2D eigenvalue weighted by atomic mass is 10.2. The Morgan fingerprint density at radius 2 is 2.40 bits per heavy atom. The van der Waals surface area contributed by atoms with Crippen molar-refractivity contribution in [2.24, 2.45) is 0 Å². The van der Waals surface area contributed by atoms with Gasteiger partial charge in [0, 0.05) is 11.4 Å². The number of fused-ring (bicyclic) bond motifs is 1. The lowest BCUT2D eigenvalue weighted by Gasteiger charge is -2.07. The van der Waals surface area contributed by atoms with Gasteiger partial charge < -0.3 is 10.4 Å². The van der Waals surface area contributed by atoms with Crippen LogP contribution in [0.2, 0.25) is 0 Å². The Kier molecular flexibility index (Phi) is 2.11. The summed E-state index contributed by atoms with van der Waals surface area (Å²) in [5, 5.41) is 15.9. The quantitative estimate of drug-likeness (QED) is 0.834. The molecular formula is C11H12N2OS. The van der Waals surface area contributed by atoms with Crippen LogP contribution in [-0.4, -0.2) is 16.1 Å². The van der Waals surface area contributed by atoms with Crippen LogP contribution in [0.4, 0.5) is 5.69 Å². The van der Waals surface area contributed by atoms with E-state index in [-0.39, 0.29) is 6.61 Å². The normalized spacial score (nSPS) is 15.8. The molecule has 15 heavy (non-hydrogen) atoms. The summed E-state index contributed by atoms with van der Waals surface area (Å²) in [7, 11) is 0. The monoisotopic (exact) mass is 220 g/mol. The van der Waals surface area contributed by atoms with Crippen LogP contribution in [0.15, 0.2) is 17.6 Å². The molecule has 0 aromatic carbocycles. The fourth-order valence-corrected chi connectivity index (χ4v) is 2.59. The molecule has 0 aliphatic heterocycles. The van der Waals surface area contributed by atoms with Gasteiger partial charge in [-0.2, -0.15) is 0 Å². The minimum atomic E-state index is 0.0146. The van der Waals surface area contributed by atoms with Crippen molar-refractivity contribution in [1.29, 1.82) is 0 Å². The molecule has 2 aromatic heterocycles. The summed E-state index contributed by atoms with van der Waals surface area (Å²) in [4.78, 5) is 4.28. The van der Waals surface area contributed by atoms with Crippen molar-refractivity contribution < 1.29 is 5.11 Å². The molecule has 0 bridgehead atoms. The molecule has 4 heteroatoms. The summed E-state index contributed by atoms with van der Waals surface area (Å²) in [5.74, 6) is 0. The highest BCUT2D eigenvalue weighted by Crippen LogP contribution is 2.33. The number of rotatable bonds is 3. The SMILES string of the molecule is OCc1ncc(NC2CC2)c2ccsc12. The van der Waals surface area contributed by atoms with Crippen molar-refractivity contribution in [3.63, 3.8) is 0 Å². The molecule has 0 amide bonds. The second-order valence-electron chi connectivity index (χ2n) is 3.86. The van der Waals surface area contributed by atoms with Crippen LogP contribution in [-0.2, 0) is 6.61 Å². The van der Waals surface area contributed by atoms with Crippen molar-refractivity contribution >= 4 is 27.1 Å². The molecule has 78 valence electrons. The zero-order valence-electron chi connectivity index (χ0n) is 8.23. The fraction of sp³-hybridized carbons (Fsp3) is 0.364. The Morgan fingerprint density at radius 3 is 3.13 bits per heavy atom. The third kappa shape index (κ3) is 1.60. The van der Waals surface area contributed by atoms with Crippen molar-refractivity contribution in [3.05, 3.63) is 23.3 Å². The van der Waals surface area contributed by atoms with Crippen LogP contribution >= 0.6 is 11.3 Å². The number of hydrogen-bond donors (Lipinski definition) is 2.